The summed E-state index contributed by atoms with van der Waals surface area (Å²) in [5.74, 6) is 0. The fourth-order valence-electron chi connectivity index (χ4n) is 2.52. The molecule has 0 aromatic rings. The zero-order valence-corrected chi connectivity index (χ0v) is 11.3. The maximum atomic E-state index is 6.06. The Morgan fingerprint density at radius 2 is 2.00 bits per heavy atom. The van der Waals surface area contributed by atoms with E-state index in [1.54, 1.807) is 0 Å². The minimum absolute atomic E-state index is 0.407. The highest BCUT2D eigenvalue weighted by Gasteiger charge is 2.22. The second kappa shape index (κ2) is 7.25. The van der Waals surface area contributed by atoms with Crippen LogP contribution in [0.25, 0.3) is 0 Å². The van der Waals surface area contributed by atoms with Crippen LogP contribution in [-0.2, 0) is 0 Å². The van der Waals surface area contributed by atoms with Gasteiger partial charge in [-0.3, -0.25) is 0 Å². The topological polar surface area (TPSA) is 32.5 Å². The lowest BCUT2D eigenvalue weighted by Gasteiger charge is -2.39. The predicted octanol–water partition coefficient (Wildman–Crippen LogP) is 1.53. The highest BCUT2D eigenvalue weighted by Crippen LogP contribution is 2.11. The van der Waals surface area contributed by atoms with Crippen LogP contribution in [0.3, 0.4) is 0 Å². The Balaban J connectivity index is 2.22. The summed E-state index contributed by atoms with van der Waals surface area (Å²) in [6, 6.07) is 1.15. The Morgan fingerprint density at radius 3 is 2.62 bits per heavy atom. The Labute approximate surface area is 101 Å². The molecule has 0 radical (unpaired) electrons. The first kappa shape index (κ1) is 13.9. The first-order valence-corrected chi connectivity index (χ1v) is 6.85. The summed E-state index contributed by atoms with van der Waals surface area (Å²) in [5.41, 5.74) is 6.06. The van der Waals surface area contributed by atoms with E-state index in [1.807, 2.05) is 0 Å². The minimum Gasteiger partial charge on any atom is -0.328 e. The van der Waals surface area contributed by atoms with Gasteiger partial charge in [0.15, 0.2) is 0 Å². The third-order valence-electron chi connectivity index (χ3n) is 3.81. The maximum absolute atomic E-state index is 6.06. The van der Waals surface area contributed by atoms with Gasteiger partial charge < -0.3 is 15.5 Å². The predicted molar refractivity (Wildman–Crippen MR) is 70.6 cm³/mol. The van der Waals surface area contributed by atoms with Crippen molar-refractivity contribution in [1.29, 1.82) is 0 Å². The molecular weight excluding hydrogens is 198 g/mol. The molecule has 0 aliphatic carbocycles. The van der Waals surface area contributed by atoms with Crippen LogP contribution in [0.4, 0.5) is 0 Å². The molecule has 1 rings (SSSR count). The number of hydrogen-bond donors (Lipinski definition) is 1. The van der Waals surface area contributed by atoms with Crippen molar-refractivity contribution in [3.63, 3.8) is 0 Å². The second-order valence-electron chi connectivity index (χ2n) is 5.18. The average Bonchev–Trinajstić information content (AvgIpc) is 2.28. The van der Waals surface area contributed by atoms with Gasteiger partial charge in [0.25, 0.3) is 0 Å². The van der Waals surface area contributed by atoms with Crippen LogP contribution in [0.5, 0.6) is 0 Å². The number of hydrogen-bond acceptors (Lipinski definition) is 3. The standard InChI is InChI=1S/C13H29N3/c1-4-6-12(14)7-8-16-10-9-15(3)13(5-2)11-16/h12-13H,4-11,14H2,1-3H3. The number of nitrogens with zero attached hydrogens (tertiary/aromatic N) is 2. The molecule has 0 saturated carbocycles. The molecule has 0 bridgehead atoms. The minimum atomic E-state index is 0.407. The van der Waals surface area contributed by atoms with Crippen molar-refractivity contribution in [3.05, 3.63) is 0 Å². The lowest BCUT2D eigenvalue weighted by atomic mass is 10.1. The zero-order valence-electron chi connectivity index (χ0n) is 11.3. The largest absolute Gasteiger partial charge is 0.328 e. The van der Waals surface area contributed by atoms with Gasteiger partial charge in [-0.2, -0.15) is 0 Å². The molecule has 96 valence electrons. The molecule has 3 nitrogen and oxygen atoms in total. The molecule has 0 aromatic carbocycles. The van der Waals surface area contributed by atoms with Crippen LogP contribution in [0.2, 0.25) is 0 Å². The molecule has 2 unspecified atom stereocenters. The van der Waals surface area contributed by atoms with Crippen molar-refractivity contribution in [2.24, 2.45) is 5.73 Å². The van der Waals surface area contributed by atoms with Crippen LogP contribution >= 0.6 is 0 Å². The molecule has 2 atom stereocenters. The van der Waals surface area contributed by atoms with Crippen molar-refractivity contribution < 1.29 is 0 Å². The van der Waals surface area contributed by atoms with Crippen molar-refractivity contribution in [1.82, 2.24) is 9.80 Å². The lowest BCUT2D eigenvalue weighted by molar-refractivity contribution is 0.0909. The molecule has 0 amide bonds. The Bertz CT molecular complexity index is 184. The number of piperazine rings is 1. The average molecular weight is 227 g/mol. The van der Waals surface area contributed by atoms with Gasteiger partial charge in [-0.15, -0.1) is 0 Å². The SMILES string of the molecule is CCCC(N)CCN1CCN(C)C(CC)C1. The molecule has 0 aromatic heterocycles. The van der Waals surface area contributed by atoms with Gasteiger partial charge in [-0.05, 0) is 32.9 Å². The van der Waals surface area contributed by atoms with Crippen LogP contribution < -0.4 is 5.73 Å². The molecule has 0 spiro atoms. The van der Waals surface area contributed by atoms with Crippen molar-refractivity contribution in [2.75, 3.05) is 33.2 Å². The highest BCUT2D eigenvalue weighted by atomic mass is 15.3. The van der Waals surface area contributed by atoms with Crippen LogP contribution in [0.1, 0.15) is 39.5 Å². The molecule has 1 aliphatic heterocycles. The summed E-state index contributed by atoms with van der Waals surface area (Å²) >= 11 is 0. The zero-order chi connectivity index (χ0) is 12.0. The molecule has 2 N–H and O–H groups in total. The van der Waals surface area contributed by atoms with Crippen molar-refractivity contribution in [3.8, 4) is 0 Å². The monoisotopic (exact) mass is 227 g/mol. The summed E-state index contributed by atoms with van der Waals surface area (Å²) in [5, 5.41) is 0. The van der Waals surface area contributed by atoms with Crippen LogP contribution in [-0.4, -0.2) is 55.1 Å². The third-order valence-corrected chi connectivity index (χ3v) is 3.81. The third kappa shape index (κ3) is 4.40. The molecule has 1 fully saturated rings. The van der Waals surface area contributed by atoms with Gasteiger partial charge >= 0.3 is 0 Å². The summed E-state index contributed by atoms with van der Waals surface area (Å²) < 4.78 is 0. The quantitative estimate of drug-likeness (QED) is 0.747. The highest BCUT2D eigenvalue weighted by molar-refractivity contribution is 4.79. The van der Waals surface area contributed by atoms with E-state index in [0.717, 1.165) is 12.5 Å². The van der Waals surface area contributed by atoms with Gasteiger partial charge in [0.1, 0.15) is 0 Å². The first-order valence-electron chi connectivity index (χ1n) is 6.85. The second-order valence-corrected chi connectivity index (χ2v) is 5.18. The number of rotatable bonds is 6. The fraction of sp³-hybridized carbons (Fsp3) is 1.00. The molecular formula is C13H29N3. The van der Waals surface area contributed by atoms with Crippen LogP contribution in [0, 0.1) is 0 Å². The van der Waals surface area contributed by atoms with E-state index < -0.39 is 0 Å². The lowest BCUT2D eigenvalue weighted by Crippen LogP contribution is -2.51. The Morgan fingerprint density at radius 1 is 1.25 bits per heavy atom. The summed E-state index contributed by atoms with van der Waals surface area (Å²) in [6.07, 6.45) is 4.80. The molecule has 1 aliphatic rings. The number of nitrogens with two attached hydrogens (primary N) is 1. The van der Waals surface area contributed by atoms with E-state index in [4.69, 9.17) is 5.73 Å². The van der Waals surface area contributed by atoms with E-state index >= 15 is 0 Å². The molecule has 1 saturated heterocycles. The first-order chi connectivity index (χ1) is 7.67. The molecule has 16 heavy (non-hydrogen) atoms. The van der Waals surface area contributed by atoms with E-state index in [-0.39, 0.29) is 0 Å². The van der Waals surface area contributed by atoms with Crippen molar-refractivity contribution in [2.45, 2.75) is 51.6 Å². The summed E-state index contributed by atoms with van der Waals surface area (Å²) in [7, 11) is 2.24. The van der Waals surface area contributed by atoms with E-state index in [2.05, 4.69) is 30.7 Å². The maximum Gasteiger partial charge on any atom is 0.0218 e. The Kier molecular flexibility index (Phi) is 6.32. The van der Waals surface area contributed by atoms with E-state index in [0.29, 0.717) is 6.04 Å². The van der Waals surface area contributed by atoms with Gasteiger partial charge in [0.2, 0.25) is 0 Å². The Hall–Kier alpha value is -0.120. The molecule has 3 heteroatoms. The van der Waals surface area contributed by atoms with Crippen molar-refractivity contribution >= 4 is 0 Å². The summed E-state index contributed by atoms with van der Waals surface area (Å²) in [4.78, 5) is 5.08. The van der Waals surface area contributed by atoms with Gasteiger partial charge in [-0.25, -0.2) is 0 Å². The van der Waals surface area contributed by atoms with Gasteiger partial charge in [-0.1, -0.05) is 20.3 Å². The van der Waals surface area contributed by atoms with Gasteiger partial charge in [0, 0.05) is 31.7 Å². The smallest absolute Gasteiger partial charge is 0.0218 e. The van der Waals surface area contributed by atoms with Gasteiger partial charge in [0.05, 0.1) is 0 Å². The summed E-state index contributed by atoms with van der Waals surface area (Å²) in [6.45, 7) is 9.33. The normalized spacial score (nSPS) is 25.9. The van der Waals surface area contributed by atoms with E-state index in [1.165, 1.54) is 45.4 Å². The number of likely N-dealkylation sites (N-methyl/N-ethyl adjacent to an activating group) is 1. The molecule has 1 heterocycles. The van der Waals surface area contributed by atoms with Crippen LogP contribution in [0.15, 0.2) is 0 Å². The van der Waals surface area contributed by atoms with E-state index in [9.17, 15) is 0 Å². The fourth-order valence-corrected chi connectivity index (χ4v) is 2.52.